The van der Waals surface area contributed by atoms with E-state index in [4.69, 9.17) is 4.98 Å². The minimum absolute atomic E-state index is 0.241. The summed E-state index contributed by atoms with van der Waals surface area (Å²) in [5, 5.41) is 8.37. The molecule has 33 heavy (non-hydrogen) atoms. The molecule has 0 radical (unpaired) electrons. The minimum atomic E-state index is -0.241. The fraction of sp³-hybridized carbons (Fsp3) is 0.0400. The number of aromatic nitrogens is 4. The Morgan fingerprint density at radius 1 is 0.970 bits per heavy atom. The van der Waals surface area contributed by atoms with Crippen molar-refractivity contribution in [2.45, 2.75) is 6.92 Å². The predicted octanol–water partition coefficient (Wildman–Crippen LogP) is 6.57. The zero-order valence-electron chi connectivity index (χ0n) is 17.5. The summed E-state index contributed by atoms with van der Waals surface area (Å²) < 4.78 is 3.41. The number of benzene rings is 2. The molecule has 162 valence electrons. The van der Waals surface area contributed by atoms with Gasteiger partial charge >= 0.3 is 0 Å². The molecule has 3 heterocycles. The van der Waals surface area contributed by atoms with Crippen molar-refractivity contribution in [1.29, 1.82) is 0 Å². The number of amides is 1. The Balaban J connectivity index is 1.74. The molecule has 5 rings (SSSR count). The average molecular weight is 563 g/mol. The van der Waals surface area contributed by atoms with Crippen molar-refractivity contribution in [2.24, 2.45) is 0 Å². The number of nitrogens with zero attached hydrogens (tertiary/aromatic N) is 4. The van der Waals surface area contributed by atoms with Crippen LogP contribution in [0.3, 0.4) is 0 Å². The Hall–Kier alpha value is -3.36. The molecule has 6 nitrogen and oxygen atoms in total. The number of carbonyl (C=O) groups is 1. The van der Waals surface area contributed by atoms with Gasteiger partial charge in [-0.1, -0.05) is 46.3 Å². The van der Waals surface area contributed by atoms with E-state index in [-0.39, 0.29) is 5.91 Å². The van der Waals surface area contributed by atoms with E-state index in [0.29, 0.717) is 39.5 Å². The molecule has 0 spiro atoms. The highest BCUT2D eigenvalue weighted by Crippen LogP contribution is 2.31. The highest BCUT2D eigenvalue weighted by molar-refractivity contribution is 9.10. The van der Waals surface area contributed by atoms with E-state index in [9.17, 15) is 4.79 Å². The number of nitrogens with one attached hydrogen (secondary N) is 1. The number of carbonyl (C=O) groups excluding carboxylic acids is 1. The summed E-state index contributed by atoms with van der Waals surface area (Å²) in [5.41, 5.74) is 3.99. The van der Waals surface area contributed by atoms with E-state index in [1.165, 1.54) is 0 Å². The van der Waals surface area contributed by atoms with Crippen LogP contribution in [-0.2, 0) is 0 Å². The van der Waals surface area contributed by atoms with E-state index in [2.05, 4.69) is 47.3 Å². The molecule has 0 fully saturated rings. The van der Waals surface area contributed by atoms with Crippen LogP contribution in [0.2, 0.25) is 0 Å². The van der Waals surface area contributed by atoms with Crippen molar-refractivity contribution in [2.75, 3.05) is 5.32 Å². The van der Waals surface area contributed by atoms with Crippen LogP contribution in [0, 0.1) is 6.92 Å². The number of fused-ring (bicyclic) bond motifs is 1. The Labute approximate surface area is 207 Å². The van der Waals surface area contributed by atoms with Gasteiger partial charge in [0.2, 0.25) is 0 Å². The Morgan fingerprint density at radius 2 is 1.79 bits per heavy atom. The van der Waals surface area contributed by atoms with Crippen molar-refractivity contribution < 1.29 is 4.79 Å². The largest absolute Gasteiger partial charge is 0.321 e. The molecule has 1 amide bonds. The number of aryl methyl sites for hydroxylation is 1. The molecule has 5 aromatic rings. The number of pyridine rings is 2. The molecule has 1 N–H and O–H groups in total. The molecule has 0 bridgehead atoms. The SMILES string of the molecule is Cc1nn(-c2ccccn2)c2nc(-c3cccc(Br)c3)cc(C(=O)Nc3ccccc3Br)c12. The lowest BCUT2D eigenvalue weighted by molar-refractivity contribution is 0.102. The summed E-state index contributed by atoms with van der Waals surface area (Å²) in [6.45, 7) is 1.87. The summed E-state index contributed by atoms with van der Waals surface area (Å²) >= 11 is 7.02. The fourth-order valence-electron chi connectivity index (χ4n) is 3.65. The van der Waals surface area contributed by atoms with Gasteiger partial charge in [-0.05, 0) is 65.3 Å². The Morgan fingerprint density at radius 3 is 2.55 bits per heavy atom. The second kappa shape index (κ2) is 8.88. The summed E-state index contributed by atoms with van der Waals surface area (Å²) in [6, 6.07) is 22.7. The Kier molecular flexibility index (Phi) is 5.78. The van der Waals surface area contributed by atoms with Crippen LogP contribution >= 0.6 is 31.9 Å². The first-order chi connectivity index (χ1) is 16.0. The summed E-state index contributed by atoms with van der Waals surface area (Å²) in [5.74, 6) is 0.390. The number of anilines is 1. The second-order valence-corrected chi connectivity index (χ2v) is 9.15. The first-order valence-corrected chi connectivity index (χ1v) is 11.7. The first-order valence-electron chi connectivity index (χ1n) is 10.1. The number of hydrogen-bond donors (Lipinski definition) is 1. The van der Waals surface area contributed by atoms with Gasteiger partial charge in [0.15, 0.2) is 11.5 Å². The highest BCUT2D eigenvalue weighted by atomic mass is 79.9. The molecule has 3 aromatic heterocycles. The lowest BCUT2D eigenvalue weighted by Gasteiger charge is -2.11. The van der Waals surface area contributed by atoms with Gasteiger partial charge in [0.25, 0.3) is 5.91 Å². The van der Waals surface area contributed by atoms with Gasteiger partial charge in [0.05, 0.1) is 28.0 Å². The maximum atomic E-state index is 13.5. The van der Waals surface area contributed by atoms with Crippen LogP contribution in [0.25, 0.3) is 28.1 Å². The topological polar surface area (TPSA) is 72.7 Å². The highest BCUT2D eigenvalue weighted by Gasteiger charge is 2.22. The van der Waals surface area contributed by atoms with E-state index >= 15 is 0 Å². The third kappa shape index (κ3) is 4.19. The lowest BCUT2D eigenvalue weighted by Crippen LogP contribution is -2.13. The monoisotopic (exact) mass is 561 g/mol. The van der Waals surface area contributed by atoms with E-state index in [1.807, 2.05) is 79.7 Å². The van der Waals surface area contributed by atoms with Crippen molar-refractivity contribution in [3.63, 3.8) is 0 Å². The summed E-state index contributed by atoms with van der Waals surface area (Å²) in [4.78, 5) is 22.8. The van der Waals surface area contributed by atoms with Crippen molar-refractivity contribution in [1.82, 2.24) is 19.7 Å². The quantitative estimate of drug-likeness (QED) is 0.269. The molecule has 0 aliphatic carbocycles. The normalized spacial score (nSPS) is 11.0. The van der Waals surface area contributed by atoms with Crippen LogP contribution in [0.5, 0.6) is 0 Å². The third-order valence-electron chi connectivity index (χ3n) is 5.17. The molecular formula is C25H17Br2N5O. The number of para-hydroxylation sites is 1. The smallest absolute Gasteiger partial charge is 0.256 e. The van der Waals surface area contributed by atoms with Gasteiger partial charge in [-0.25, -0.2) is 9.97 Å². The van der Waals surface area contributed by atoms with Crippen molar-refractivity contribution in [3.8, 4) is 17.1 Å². The molecule has 0 saturated heterocycles. The lowest BCUT2D eigenvalue weighted by atomic mass is 10.0. The zero-order valence-corrected chi connectivity index (χ0v) is 20.6. The Bertz CT molecular complexity index is 1500. The molecule has 0 saturated carbocycles. The number of halogens is 2. The molecular weight excluding hydrogens is 546 g/mol. The van der Waals surface area contributed by atoms with Gasteiger partial charge in [0, 0.05) is 20.7 Å². The summed E-state index contributed by atoms with van der Waals surface area (Å²) in [6.07, 6.45) is 1.71. The van der Waals surface area contributed by atoms with Gasteiger partial charge in [-0.15, -0.1) is 0 Å². The van der Waals surface area contributed by atoms with Crippen LogP contribution in [0.4, 0.5) is 5.69 Å². The number of hydrogen-bond acceptors (Lipinski definition) is 4. The fourth-order valence-corrected chi connectivity index (χ4v) is 4.44. The zero-order chi connectivity index (χ0) is 22.9. The molecule has 0 aliphatic heterocycles. The molecule has 0 aliphatic rings. The van der Waals surface area contributed by atoms with Gasteiger partial charge in [0.1, 0.15) is 0 Å². The van der Waals surface area contributed by atoms with Crippen molar-refractivity contribution >= 4 is 54.5 Å². The van der Waals surface area contributed by atoms with Crippen LogP contribution in [-0.4, -0.2) is 25.7 Å². The first kappa shape index (κ1) is 21.5. The minimum Gasteiger partial charge on any atom is -0.321 e. The predicted molar refractivity (Wildman–Crippen MR) is 137 cm³/mol. The summed E-state index contributed by atoms with van der Waals surface area (Å²) in [7, 11) is 0. The van der Waals surface area contributed by atoms with Crippen LogP contribution in [0.1, 0.15) is 16.1 Å². The van der Waals surface area contributed by atoms with Crippen LogP contribution in [0.15, 0.2) is 87.9 Å². The van der Waals surface area contributed by atoms with Gasteiger partial charge in [-0.2, -0.15) is 9.78 Å². The average Bonchev–Trinajstić information content (AvgIpc) is 3.17. The van der Waals surface area contributed by atoms with Crippen molar-refractivity contribution in [3.05, 3.63) is 99.2 Å². The van der Waals surface area contributed by atoms with E-state index in [0.717, 1.165) is 14.5 Å². The second-order valence-electron chi connectivity index (χ2n) is 7.38. The number of rotatable bonds is 4. The third-order valence-corrected chi connectivity index (χ3v) is 6.35. The molecule has 8 heteroatoms. The van der Waals surface area contributed by atoms with Gasteiger partial charge in [-0.3, -0.25) is 4.79 Å². The van der Waals surface area contributed by atoms with E-state index in [1.54, 1.807) is 10.9 Å². The maximum Gasteiger partial charge on any atom is 0.256 e. The molecule has 0 atom stereocenters. The van der Waals surface area contributed by atoms with Crippen LogP contribution < -0.4 is 5.32 Å². The van der Waals surface area contributed by atoms with E-state index < -0.39 is 0 Å². The molecule has 0 unspecified atom stereocenters. The van der Waals surface area contributed by atoms with Gasteiger partial charge < -0.3 is 5.32 Å². The molecule has 2 aromatic carbocycles. The standard InChI is InChI=1S/C25H17Br2N5O/c1-15-23-18(25(33)30-20-10-3-2-9-19(20)27)14-21(16-7-6-8-17(26)13-16)29-24(23)32(31-15)22-11-4-5-12-28-22/h2-14H,1H3,(H,30,33). The maximum absolute atomic E-state index is 13.5.